The van der Waals surface area contributed by atoms with Gasteiger partial charge >= 0.3 is 6.09 Å². The van der Waals surface area contributed by atoms with Crippen molar-refractivity contribution in [2.75, 3.05) is 19.6 Å². The first-order valence-corrected chi connectivity index (χ1v) is 6.64. The van der Waals surface area contributed by atoms with E-state index in [9.17, 15) is 9.59 Å². The van der Waals surface area contributed by atoms with E-state index in [1.165, 1.54) is 0 Å². The van der Waals surface area contributed by atoms with Crippen molar-refractivity contribution in [2.45, 2.75) is 51.7 Å². The maximum absolute atomic E-state index is 11.9. The van der Waals surface area contributed by atoms with Gasteiger partial charge in [-0.3, -0.25) is 4.79 Å². The highest BCUT2D eigenvalue weighted by Gasteiger charge is 2.34. The average Bonchev–Trinajstić information content (AvgIpc) is 2.25. The molecule has 2 heterocycles. The lowest BCUT2D eigenvalue weighted by molar-refractivity contribution is -0.144. The molecule has 0 radical (unpaired) electrons. The van der Waals surface area contributed by atoms with E-state index in [1.54, 1.807) is 4.90 Å². The van der Waals surface area contributed by atoms with E-state index in [0.717, 1.165) is 19.4 Å². The van der Waals surface area contributed by atoms with Gasteiger partial charge in [0.2, 0.25) is 5.91 Å². The van der Waals surface area contributed by atoms with E-state index in [4.69, 9.17) is 4.74 Å². The van der Waals surface area contributed by atoms with Crippen LogP contribution in [-0.2, 0) is 9.53 Å². The summed E-state index contributed by atoms with van der Waals surface area (Å²) < 4.78 is 5.34. The molecule has 0 bridgehead atoms. The van der Waals surface area contributed by atoms with Crippen molar-refractivity contribution in [1.82, 2.24) is 9.80 Å². The third-order valence-electron chi connectivity index (χ3n) is 3.44. The highest BCUT2D eigenvalue weighted by Crippen LogP contribution is 2.23. The summed E-state index contributed by atoms with van der Waals surface area (Å²) in [5.74, 6) is 0.255. The molecule has 2 aliphatic heterocycles. The minimum atomic E-state index is -0.443. The van der Waals surface area contributed by atoms with Gasteiger partial charge in [0, 0.05) is 32.1 Å². The normalized spacial score (nSPS) is 21.8. The number of nitrogens with zero attached hydrogens (tertiary/aromatic N) is 2. The van der Waals surface area contributed by atoms with Gasteiger partial charge in [0.1, 0.15) is 5.60 Å². The van der Waals surface area contributed by atoms with Crippen molar-refractivity contribution < 1.29 is 14.3 Å². The Hall–Kier alpha value is -1.26. The number of rotatable bonds is 1. The minimum absolute atomic E-state index is 0.240. The molecule has 2 saturated heterocycles. The number of carbonyl (C=O) groups excluding carboxylic acids is 2. The Morgan fingerprint density at radius 2 is 1.83 bits per heavy atom. The summed E-state index contributed by atoms with van der Waals surface area (Å²) in [6.45, 7) is 7.87. The molecule has 2 rings (SSSR count). The molecule has 0 aromatic carbocycles. The molecular weight excluding hydrogens is 232 g/mol. The van der Waals surface area contributed by atoms with Crippen LogP contribution in [0.1, 0.15) is 40.0 Å². The first-order chi connectivity index (χ1) is 8.37. The Bertz CT molecular complexity index is 341. The predicted octanol–water partition coefficient (Wildman–Crippen LogP) is 1.62. The smallest absolute Gasteiger partial charge is 0.410 e. The Labute approximate surface area is 108 Å². The molecule has 5 nitrogen and oxygen atoms in total. The van der Waals surface area contributed by atoms with Crippen LogP contribution in [0.15, 0.2) is 0 Å². The van der Waals surface area contributed by atoms with Crippen molar-refractivity contribution in [3.8, 4) is 0 Å². The van der Waals surface area contributed by atoms with Gasteiger partial charge in [0.15, 0.2) is 0 Å². The van der Waals surface area contributed by atoms with Crippen molar-refractivity contribution in [3.05, 3.63) is 0 Å². The van der Waals surface area contributed by atoms with E-state index in [-0.39, 0.29) is 12.0 Å². The first-order valence-electron chi connectivity index (χ1n) is 6.64. The fourth-order valence-electron chi connectivity index (χ4n) is 2.40. The van der Waals surface area contributed by atoms with Crippen LogP contribution in [0.2, 0.25) is 0 Å². The van der Waals surface area contributed by atoms with Crippen LogP contribution in [-0.4, -0.2) is 53.1 Å². The number of likely N-dealkylation sites (tertiary alicyclic amines) is 2. The maximum Gasteiger partial charge on any atom is 0.410 e. The van der Waals surface area contributed by atoms with Gasteiger partial charge in [0.25, 0.3) is 0 Å². The number of ether oxygens (including phenoxy) is 1. The molecule has 0 aliphatic carbocycles. The Kier molecular flexibility index (Phi) is 3.50. The van der Waals surface area contributed by atoms with Crippen molar-refractivity contribution in [3.63, 3.8) is 0 Å². The van der Waals surface area contributed by atoms with Gasteiger partial charge in [-0.1, -0.05) is 0 Å². The van der Waals surface area contributed by atoms with E-state index >= 15 is 0 Å². The first kappa shape index (κ1) is 13.2. The third-order valence-corrected chi connectivity index (χ3v) is 3.44. The van der Waals surface area contributed by atoms with Gasteiger partial charge in [-0.25, -0.2) is 4.79 Å². The third kappa shape index (κ3) is 2.94. The highest BCUT2D eigenvalue weighted by molar-refractivity contribution is 5.82. The fourth-order valence-corrected chi connectivity index (χ4v) is 2.40. The Morgan fingerprint density at radius 3 is 2.22 bits per heavy atom. The second kappa shape index (κ2) is 4.78. The number of β-lactam (4-membered cyclic amide) rings is 1. The summed E-state index contributed by atoms with van der Waals surface area (Å²) in [5.41, 5.74) is -0.443. The zero-order chi connectivity index (χ0) is 13.3. The molecule has 0 atom stereocenters. The van der Waals surface area contributed by atoms with E-state index in [0.29, 0.717) is 25.6 Å². The molecule has 0 aromatic rings. The van der Waals surface area contributed by atoms with Crippen LogP contribution in [0, 0.1) is 0 Å². The molecule has 0 saturated carbocycles. The summed E-state index contributed by atoms with van der Waals surface area (Å²) in [7, 11) is 0. The molecule has 2 aliphatic rings. The van der Waals surface area contributed by atoms with Gasteiger partial charge in [0.05, 0.1) is 0 Å². The molecule has 0 unspecified atom stereocenters. The molecule has 2 amide bonds. The van der Waals surface area contributed by atoms with Crippen LogP contribution >= 0.6 is 0 Å². The fraction of sp³-hybridized carbons (Fsp3) is 0.846. The van der Waals surface area contributed by atoms with E-state index in [1.807, 2.05) is 25.7 Å². The van der Waals surface area contributed by atoms with Gasteiger partial charge in [-0.05, 0) is 33.6 Å². The van der Waals surface area contributed by atoms with Crippen LogP contribution in [0.25, 0.3) is 0 Å². The quantitative estimate of drug-likeness (QED) is 0.668. The largest absolute Gasteiger partial charge is 0.444 e. The number of carbonyl (C=O) groups is 2. The van der Waals surface area contributed by atoms with Crippen molar-refractivity contribution in [2.24, 2.45) is 0 Å². The van der Waals surface area contributed by atoms with Crippen LogP contribution in [0.5, 0.6) is 0 Å². The number of amides is 2. The number of piperidine rings is 1. The lowest BCUT2D eigenvalue weighted by Crippen LogP contribution is -2.54. The Balaban J connectivity index is 1.79. The summed E-state index contributed by atoms with van der Waals surface area (Å²) >= 11 is 0. The topological polar surface area (TPSA) is 49.9 Å². The maximum atomic E-state index is 11.9. The van der Waals surface area contributed by atoms with E-state index < -0.39 is 5.60 Å². The number of hydrogen-bond donors (Lipinski definition) is 0. The average molecular weight is 254 g/mol. The summed E-state index contributed by atoms with van der Waals surface area (Å²) in [6, 6.07) is 0.324. The van der Waals surface area contributed by atoms with E-state index in [2.05, 4.69) is 0 Å². The zero-order valence-electron chi connectivity index (χ0n) is 11.4. The van der Waals surface area contributed by atoms with Crippen LogP contribution in [0.3, 0.4) is 0 Å². The summed E-state index contributed by atoms with van der Waals surface area (Å²) in [4.78, 5) is 26.9. The minimum Gasteiger partial charge on any atom is -0.444 e. The lowest BCUT2D eigenvalue weighted by Gasteiger charge is -2.42. The monoisotopic (exact) mass is 254 g/mol. The Morgan fingerprint density at radius 1 is 1.22 bits per heavy atom. The number of hydrogen-bond acceptors (Lipinski definition) is 3. The predicted molar refractivity (Wildman–Crippen MR) is 67.2 cm³/mol. The summed E-state index contributed by atoms with van der Waals surface area (Å²) in [6.07, 6.45) is 2.18. The molecule has 102 valence electrons. The molecule has 0 aromatic heterocycles. The summed E-state index contributed by atoms with van der Waals surface area (Å²) in [5, 5.41) is 0. The SMILES string of the molecule is CC(C)(C)OC(=O)N1CCC(N2CCC2=O)CC1. The molecule has 0 N–H and O–H groups in total. The van der Waals surface area contributed by atoms with Gasteiger partial charge in [-0.2, -0.15) is 0 Å². The van der Waals surface area contributed by atoms with Crippen LogP contribution < -0.4 is 0 Å². The molecule has 5 heteroatoms. The lowest BCUT2D eigenvalue weighted by atomic mass is 9.99. The molecule has 0 spiro atoms. The van der Waals surface area contributed by atoms with Gasteiger partial charge in [-0.15, -0.1) is 0 Å². The molecule has 2 fully saturated rings. The highest BCUT2D eigenvalue weighted by atomic mass is 16.6. The van der Waals surface area contributed by atoms with Crippen molar-refractivity contribution >= 4 is 12.0 Å². The second-order valence-corrected chi connectivity index (χ2v) is 6.04. The molecule has 18 heavy (non-hydrogen) atoms. The van der Waals surface area contributed by atoms with Crippen LogP contribution in [0.4, 0.5) is 4.79 Å². The standard InChI is InChI=1S/C13H22N2O3/c1-13(2,3)18-12(17)14-7-4-10(5-8-14)15-9-6-11(15)16/h10H,4-9H2,1-3H3. The second-order valence-electron chi connectivity index (χ2n) is 6.04. The van der Waals surface area contributed by atoms with Gasteiger partial charge < -0.3 is 14.5 Å². The molecular formula is C13H22N2O3. The zero-order valence-corrected chi connectivity index (χ0v) is 11.4. The van der Waals surface area contributed by atoms with Crippen molar-refractivity contribution in [1.29, 1.82) is 0 Å².